The number of aromatic nitrogens is 1. The average molecular weight is 432 g/mol. The van der Waals surface area contributed by atoms with Crippen LogP contribution >= 0.6 is 0 Å². The first-order valence-corrected chi connectivity index (χ1v) is 12.5. The number of piperidine rings is 1. The summed E-state index contributed by atoms with van der Waals surface area (Å²) in [4.78, 5) is 15.2. The van der Waals surface area contributed by atoms with Gasteiger partial charge in [-0.25, -0.2) is 13.1 Å². The van der Waals surface area contributed by atoms with Crippen molar-refractivity contribution in [1.29, 1.82) is 0 Å². The van der Waals surface area contributed by atoms with Gasteiger partial charge in [0.05, 0.1) is 12.8 Å². The van der Waals surface area contributed by atoms with Gasteiger partial charge >= 0.3 is 0 Å². The first-order chi connectivity index (χ1) is 14.2. The second-order valence-electron chi connectivity index (χ2n) is 8.46. The van der Waals surface area contributed by atoms with Crippen molar-refractivity contribution in [2.24, 2.45) is 5.92 Å². The number of carbonyl (C=O) groups is 1. The molecule has 0 radical (unpaired) electrons. The van der Waals surface area contributed by atoms with E-state index < -0.39 is 10.0 Å². The standard InChI is InChI=1S/C23H33N3O3S/c1-18-14-22(19(2)26(18)13-11-20-8-5-4-6-9-20)23(27)17-25-12-7-10-21(16-25)15-24-30(3,28)29/h4-6,8-9,14,21,24H,7,10-13,15-17H2,1-3H3. The van der Waals surface area contributed by atoms with Crippen LogP contribution in [0.5, 0.6) is 0 Å². The summed E-state index contributed by atoms with van der Waals surface area (Å²) in [5.41, 5.74) is 4.23. The zero-order chi connectivity index (χ0) is 21.7. The number of ketones is 1. The van der Waals surface area contributed by atoms with Crippen LogP contribution in [0, 0.1) is 19.8 Å². The van der Waals surface area contributed by atoms with Crippen molar-refractivity contribution in [1.82, 2.24) is 14.2 Å². The molecule has 164 valence electrons. The van der Waals surface area contributed by atoms with E-state index in [0.29, 0.717) is 13.1 Å². The van der Waals surface area contributed by atoms with Crippen LogP contribution in [0.1, 0.15) is 40.2 Å². The number of hydrogen-bond donors (Lipinski definition) is 1. The Morgan fingerprint density at radius 1 is 1.20 bits per heavy atom. The lowest BCUT2D eigenvalue weighted by atomic mass is 9.98. The van der Waals surface area contributed by atoms with E-state index in [2.05, 4.69) is 45.4 Å². The SMILES string of the molecule is Cc1cc(C(=O)CN2CCCC(CNS(C)(=O)=O)C2)c(C)n1CCc1ccccc1. The quantitative estimate of drug-likeness (QED) is 0.620. The zero-order valence-corrected chi connectivity index (χ0v) is 19.0. The van der Waals surface area contributed by atoms with Crippen LogP contribution in [-0.2, 0) is 23.0 Å². The van der Waals surface area contributed by atoms with Crippen LogP contribution in [0.15, 0.2) is 36.4 Å². The van der Waals surface area contributed by atoms with Gasteiger partial charge in [-0.2, -0.15) is 0 Å². The number of rotatable bonds is 9. The number of sulfonamides is 1. The van der Waals surface area contributed by atoms with Gasteiger partial charge in [-0.1, -0.05) is 30.3 Å². The summed E-state index contributed by atoms with van der Waals surface area (Å²) in [6.07, 6.45) is 4.09. The fraction of sp³-hybridized carbons (Fsp3) is 0.522. The van der Waals surface area contributed by atoms with Gasteiger partial charge in [0.2, 0.25) is 10.0 Å². The van der Waals surface area contributed by atoms with Crippen LogP contribution in [0.25, 0.3) is 0 Å². The van der Waals surface area contributed by atoms with E-state index in [1.54, 1.807) is 0 Å². The average Bonchev–Trinajstić information content (AvgIpc) is 2.99. The smallest absolute Gasteiger partial charge is 0.208 e. The Hall–Kier alpha value is -1.96. The maximum absolute atomic E-state index is 13.0. The van der Waals surface area contributed by atoms with Crippen molar-refractivity contribution in [3.05, 3.63) is 58.9 Å². The Kier molecular flexibility index (Phi) is 7.50. The van der Waals surface area contributed by atoms with Crippen LogP contribution < -0.4 is 4.72 Å². The van der Waals surface area contributed by atoms with Crippen molar-refractivity contribution in [2.45, 2.75) is 39.7 Å². The van der Waals surface area contributed by atoms with Gasteiger partial charge in [0.1, 0.15) is 0 Å². The normalized spacial score (nSPS) is 17.9. The summed E-state index contributed by atoms with van der Waals surface area (Å²) < 4.78 is 27.5. The minimum atomic E-state index is -3.18. The number of carbonyl (C=O) groups excluding carboxylic acids is 1. The number of nitrogens with one attached hydrogen (secondary N) is 1. The lowest BCUT2D eigenvalue weighted by Crippen LogP contribution is -2.42. The Morgan fingerprint density at radius 3 is 2.63 bits per heavy atom. The van der Waals surface area contributed by atoms with Gasteiger partial charge < -0.3 is 4.57 Å². The summed E-state index contributed by atoms with van der Waals surface area (Å²) in [6.45, 7) is 7.41. The Balaban J connectivity index is 1.60. The molecule has 0 aliphatic carbocycles. The van der Waals surface area contributed by atoms with Crippen molar-refractivity contribution < 1.29 is 13.2 Å². The third kappa shape index (κ3) is 6.27. The van der Waals surface area contributed by atoms with E-state index in [4.69, 9.17) is 0 Å². The molecule has 1 aromatic heterocycles. The Labute approximate surface area is 180 Å². The molecule has 7 heteroatoms. The molecular weight excluding hydrogens is 398 g/mol. The van der Waals surface area contributed by atoms with Gasteiger partial charge in [-0.3, -0.25) is 9.69 Å². The summed E-state index contributed by atoms with van der Waals surface area (Å²) in [7, 11) is -3.18. The molecule has 0 spiro atoms. The lowest BCUT2D eigenvalue weighted by Gasteiger charge is -2.32. The van der Waals surface area contributed by atoms with E-state index in [-0.39, 0.29) is 11.7 Å². The predicted molar refractivity (Wildman–Crippen MR) is 120 cm³/mol. The molecule has 1 N–H and O–H groups in total. The molecule has 1 fully saturated rings. The number of Topliss-reactive ketones (excluding diaryl/α,β-unsaturated/α-hetero) is 1. The second-order valence-corrected chi connectivity index (χ2v) is 10.3. The highest BCUT2D eigenvalue weighted by atomic mass is 32.2. The van der Waals surface area contributed by atoms with Crippen LogP contribution in [0.2, 0.25) is 0 Å². The highest BCUT2D eigenvalue weighted by molar-refractivity contribution is 7.88. The van der Waals surface area contributed by atoms with Crippen molar-refractivity contribution >= 4 is 15.8 Å². The van der Waals surface area contributed by atoms with Gasteiger partial charge in [-0.05, 0) is 57.2 Å². The van der Waals surface area contributed by atoms with Crippen LogP contribution in [-0.4, -0.2) is 56.1 Å². The van der Waals surface area contributed by atoms with Gasteiger partial charge in [0.15, 0.2) is 5.78 Å². The molecule has 1 unspecified atom stereocenters. The van der Waals surface area contributed by atoms with Gasteiger partial charge in [0.25, 0.3) is 0 Å². The minimum Gasteiger partial charge on any atom is -0.348 e. The Morgan fingerprint density at radius 2 is 1.93 bits per heavy atom. The fourth-order valence-electron chi connectivity index (χ4n) is 4.33. The second kappa shape index (κ2) is 9.90. The molecule has 1 aromatic carbocycles. The van der Waals surface area contributed by atoms with E-state index in [1.807, 2.05) is 19.1 Å². The topological polar surface area (TPSA) is 71.4 Å². The molecule has 3 rings (SSSR count). The van der Waals surface area contributed by atoms with Crippen LogP contribution in [0.3, 0.4) is 0 Å². The lowest BCUT2D eigenvalue weighted by molar-refractivity contribution is 0.0887. The monoisotopic (exact) mass is 431 g/mol. The molecule has 0 amide bonds. The van der Waals surface area contributed by atoms with Crippen molar-refractivity contribution in [3.63, 3.8) is 0 Å². The van der Waals surface area contributed by atoms with Gasteiger partial charge in [-0.15, -0.1) is 0 Å². The molecule has 1 aliphatic rings. The molecule has 1 atom stereocenters. The first kappa shape index (κ1) is 22.7. The summed E-state index contributed by atoms with van der Waals surface area (Å²) in [5.74, 6) is 0.394. The van der Waals surface area contributed by atoms with Gasteiger partial charge in [0, 0.05) is 36.6 Å². The molecule has 1 saturated heterocycles. The maximum atomic E-state index is 13.0. The van der Waals surface area contributed by atoms with E-state index in [0.717, 1.165) is 55.8 Å². The summed E-state index contributed by atoms with van der Waals surface area (Å²) in [6, 6.07) is 12.4. The zero-order valence-electron chi connectivity index (χ0n) is 18.2. The largest absolute Gasteiger partial charge is 0.348 e. The van der Waals surface area contributed by atoms with E-state index >= 15 is 0 Å². The molecular formula is C23H33N3O3S. The number of nitrogens with zero attached hydrogens (tertiary/aromatic N) is 2. The summed E-state index contributed by atoms with van der Waals surface area (Å²) >= 11 is 0. The molecule has 0 bridgehead atoms. The molecule has 6 nitrogen and oxygen atoms in total. The molecule has 2 heterocycles. The third-order valence-corrected chi connectivity index (χ3v) is 6.64. The molecule has 30 heavy (non-hydrogen) atoms. The Bertz CT molecular complexity index is 967. The third-order valence-electron chi connectivity index (χ3n) is 5.95. The van der Waals surface area contributed by atoms with Crippen molar-refractivity contribution in [2.75, 3.05) is 32.4 Å². The van der Waals surface area contributed by atoms with Crippen LogP contribution in [0.4, 0.5) is 0 Å². The molecule has 1 aliphatic heterocycles. The number of hydrogen-bond acceptors (Lipinski definition) is 4. The molecule has 2 aromatic rings. The van der Waals surface area contributed by atoms with E-state index in [9.17, 15) is 13.2 Å². The minimum absolute atomic E-state index is 0.144. The molecule has 0 saturated carbocycles. The fourth-order valence-corrected chi connectivity index (χ4v) is 4.87. The summed E-state index contributed by atoms with van der Waals surface area (Å²) in [5, 5.41) is 0. The maximum Gasteiger partial charge on any atom is 0.208 e. The predicted octanol–water partition coefficient (Wildman–Crippen LogP) is 2.79. The number of benzene rings is 1. The highest BCUT2D eigenvalue weighted by Crippen LogP contribution is 2.20. The number of aryl methyl sites for hydroxylation is 2. The highest BCUT2D eigenvalue weighted by Gasteiger charge is 2.24. The first-order valence-electron chi connectivity index (χ1n) is 10.6. The van der Waals surface area contributed by atoms with Crippen molar-refractivity contribution in [3.8, 4) is 0 Å². The number of likely N-dealkylation sites (tertiary alicyclic amines) is 1. The van der Waals surface area contributed by atoms with E-state index in [1.165, 1.54) is 11.8 Å².